The average Bonchev–Trinajstić information content (AvgIpc) is 2.87. The highest BCUT2D eigenvalue weighted by atomic mass is 19.1. The summed E-state index contributed by atoms with van der Waals surface area (Å²) in [6.07, 6.45) is 0. The monoisotopic (exact) mass is 284 g/mol. The number of hydrogen-bond acceptors (Lipinski definition) is 2. The van der Waals surface area contributed by atoms with Crippen LogP contribution in [0.3, 0.4) is 0 Å². The van der Waals surface area contributed by atoms with Gasteiger partial charge >= 0.3 is 6.03 Å². The number of anilines is 1. The molecular formula is C16H13FN2O2. The quantitative estimate of drug-likeness (QED) is 0.874. The first-order valence-corrected chi connectivity index (χ1v) is 6.77. The fourth-order valence-electron chi connectivity index (χ4n) is 3.08. The molecule has 1 fully saturated rings. The molecule has 4 rings (SSSR count). The molecular weight excluding hydrogens is 271 g/mol. The van der Waals surface area contributed by atoms with Crippen molar-refractivity contribution in [2.24, 2.45) is 0 Å². The summed E-state index contributed by atoms with van der Waals surface area (Å²) in [5.74, 6) is 0.140. The van der Waals surface area contributed by atoms with E-state index in [9.17, 15) is 9.18 Å². The highest BCUT2D eigenvalue weighted by molar-refractivity contribution is 5.98. The highest BCUT2D eigenvalue weighted by Crippen LogP contribution is 2.45. The summed E-state index contributed by atoms with van der Waals surface area (Å²) in [6, 6.07) is 13.7. The summed E-state index contributed by atoms with van der Waals surface area (Å²) >= 11 is 0. The van der Waals surface area contributed by atoms with Gasteiger partial charge in [0.2, 0.25) is 0 Å². The van der Waals surface area contributed by atoms with E-state index in [2.05, 4.69) is 5.32 Å². The standard InChI is InChI=1S/C16H13FN2O2/c17-12-6-7-14-13(8-12)19-15(20)18-9-16(19,10-21-14)11-4-2-1-3-5-11/h1-8H,9-10H2,(H,18,20). The van der Waals surface area contributed by atoms with Gasteiger partial charge in [0.1, 0.15) is 23.7 Å². The fourth-order valence-corrected chi connectivity index (χ4v) is 3.08. The number of ether oxygens (including phenoxy) is 1. The molecule has 0 aromatic heterocycles. The lowest BCUT2D eigenvalue weighted by Gasteiger charge is -2.41. The van der Waals surface area contributed by atoms with Crippen LogP contribution in [0.2, 0.25) is 0 Å². The summed E-state index contributed by atoms with van der Waals surface area (Å²) in [4.78, 5) is 13.9. The van der Waals surface area contributed by atoms with Gasteiger partial charge in [-0.15, -0.1) is 0 Å². The van der Waals surface area contributed by atoms with E-state index in [1.165, 1.54) is 12.1 Å². The summed E-state index contributed by atoms with van der Waals surface area (Å²) < 4.78 is 19.4. The number of benzene rings is 2. The molecule has 2 aliphatic heterocycles. The molecule has 2 heterocycles. The first kappa shape index (κ1) is 12.2. The smallest absolute Gasteiger partial charge is 0.323 e. The first-order valence-electron chi connectivity index (χ1n) is 6.77. The molecule has 0 spiro atoms. The maximum atomic E-state index is 13.6. The summed E-state index contributed by atoms with van der Waals surface area (Å²) in [7, 11) is 0. The Morgan fingerprint density at radius 2 is 2.00 bits per heavy atom. The fraction of sp³-hybridized carbons (Fsp3) is 0.188. The minimum atomic E-state index is -0.626. The number of carbonyl (C=O) groups is 1. The third kappa shape index (κ3) is 1.63. The summed E-state index contributed by atoms with van der Waals surface area (Å²) in [6.45, 7) is 0.778. The molecule has 0 radical (unpaired) electrons. The van der Waals surface area contributed by atoms with Gasteiger partial charge < -0.3 is 10.1 Å². The molecule has 1 saturated heterocycles. The molecule has 2 amide bonds. The zero-order chi connectivity index (χ0) is 14.4. The summed E-state index contributed by atoms with van der Waals surface area (Å²) in [5, 5.41) is 2.85. The van der Waals surface area contributed by atoms with Crippen LogP contribution < -0.4 is 15.0 Å². The van der Waals surface area contributed by atoms with E-state index in [1.54, 1.807) is 11.0 Å². The minimum absolute atomic E-state index is 0.228. The van der Waals surface area contributed by atoms with Gasteiger partial charge in [0, 0.05) is 6.07 Å². The Balaban J connectivity index is 1.92. The molecule has 106 valence electrons. The second-order valence-electron chi connectivity index (χ2n) is 5.29. The zero-order valence-electron chi connectivity index (χ0n) is 11.2. The number of carbonyl (C=O) groups excluding carboxylic acids is 1. The van der Waals surface area contributed by atoms with Crippen molar-refractivity contribution in [3.63, 3.8) is 0 Å². The SMILES string of the molecule is O=C1NCC2(c3ccccc3)COc3ccc(F)cc3N12. The van der Waals surface area contributed by atoms with E-state index in [-0.39, 0.29) is 11.8 Å². The van der Waals surface area contributed by atoms with E-state index in [1.807, 2.05) is 30.3 Å². The van der Waals surface area contributed by atoms with Crippen LogP contribution in [0, 0.1) is 5.82 Å². The number of rotatable bonds is 1. The van der Waals surface area contributed by atoms with Crippen molar-refractivity contribution in [3.05, 3.63) is 59.9 Å². The molecule has 5 heteroatoms. The summed E-state index contributed by atoms with van der Waals surface area (Å²) in [5.41, 5.74) is 0.817. The topological polar surface area (TPSA) is 41.6 Å². The third-order valence-electron chi connectivity index (χ3n) is 4.10. The van der Waals surface area contributed by atoms with E-state index >= 15 is 0 Å². The van der Waals surface area contributed by atoms with Crippen molar-refractivity contribution in [2.75, 3.05) is 18.1 Å². The Morgan fingerprint density at radius 1 is 1.19 bits per heavy atom. The van der Waals surface area contributed by atoms with Crippen molar-refractivity contribution < 1.29 is 13.9 Å². The Morgan fingerprint density at radius 3 is 2.81 bits per heavy atom. The first-order chi connectivity index (χ1) is 10.2. The molecule has 2 aromatic carbocycles. The van der Waals surface area contributed by atoms with Gasteiger partial charge in [0.25, 0.3) is 0 Å². The van der Waals surface area contributed by atoms with E-state index < -0.39 is 5.54 Å². The van der Waals surface area contributed by atoms with Gasteiger partial charge in [-0.3, -0.25) is 4.90 Å². The number of fused-ring (bicyclic) bond motifs is 3. The van der Waals surface area contributed by atoms with Crippen LogP contribution in [-0.4, -0.2) is 19.2 Å². The van der Waals surface area contributed by atoms with Gasteiger partial charge in [-0.05, 0) is 17.7 Å². The molecule has 2 aromatic rings. The number of amides is 2. The van der Waals surface area contributed by atoms with Crippen molar-refractivity contribution in [1.82, 2.24) is 5.32 Å². The van der Waals surface area contributed by atoms with Crippen LogP contribution in [0.5, 0.6) is 5.75 Å². The highest BCUT2D eigenvalue weighted by Gasteiger charge is 2.51. The van der Waals surface area contributed by atoms with Gasteiger partial charge in [-0.25, -0.2) is 9.18 Å². The molecule has 2 aliphatic rings. The number of hydrogen-bond donors (Lipinski definition) is 1. The van der Waals surface area contributed by atoms with Crippen molar-refractivity contribution in [2.45, 2.75) is 5.54 Å². The van der Waals surface area contributed by atoms with Crippen LogP contribution in [0.1, 0.15) is 5.56 Å². The van der Waals surface area contributed by atoms with Crippen LogP contribution in [0.15, 0.2) is 48.5 Å². The molecule has 4 nitrogen and oxygen atoms in total. The van der Waals surface area contributed by atoms with Gasteiger partial charge in [-0.1, -0.05) is 30.3 Å². The molecule has 1 unspecified atom stereocenters. The predicted octanol–water partition coefficient (Wildman–Crippen LogP) is 2.64. The Hall–Kier alpha value is -2.56. The van der Waals surface area contributed by atoms with E-state index in [0.29, 0.717) is 24.6 Å². The molecule has 0 bridgehead atoms. The van der Waals surface area contributed by atoms with Crippen LogP contribution in [0.4, 0.5) is 14.9 Å². The Kier molecular flexibility index (Phi) is 2.45. The predicted molar refractivity (Wildman–Crippen MR) is 75.9 cm³/mol. The second kappa shape index (κ2) is 4.22. The van der Waals surface area contributed by atoms with Gasteiger partial charge in [-0.2, -0.15) is 0 Å². The molecule has 0 aliphatic carbocycles. The zero-order valence-corrected chi connectivity index (χ0v) is 11.2. The number of halogens is 1. The molecule has 21 heavy (non-hydrogen) atoms. The maximum absolute atomic E-state index is 13.6. The Labute approximate surface area is 121 Å². The number of nitrogens with zero attached hydrogens (tertiary/aromatic N) is 1. The lowest BCUT2D eigenvalue weighted by Crippen LogP contribution is -2.52. The van der Waals surface area contributed by atoms with Gasteiger partial charge in [0.15, 0.2) is 0 Å². The van der Waals surface area contributed by atoms with Crippen LogP contribution >= 0.6 is 0 Å². The lowest BCUT2D eigenvalue weighted by molar-refractivity contribution is 0.206. The third-order valence-corrected chi connectivity index (χ3v) is 4.10. The molecule has 1 N–H and O–H groups in total. The average molecular weight is 284 g/mol. The van der Waals surface area contributed by atoms with Crippen molar-refractivity contribution in [3.8, 4) is 5.75 Å². The minimum Gasteiger partial charge on any atom is -0.488 e. The second-order valence-corrected chi connectivity index (χ2v) is 5.29. The van der Waals surface area contributed by atoms with Crippen LogP contribution in [0.25, 0.3) is 0 Å². The van der Waals surface area contributed by atoms with Gasteiger partial charge in [0.05, 0.1) is 12.2 Å². The van der Waals surface area contributed by atoms with E-state index in [4.69, 9.17) is 4.74 Å². The largest absolute Gasteiger partial charge is 0.488 e. The van der Waals surface area contributed by atoms with Crippen molar-refractivity contribution in [1.29, 1.82) is 0 Å². The van der Waals surface area contributed by atoms with Crippen LogP contribution in [-0.2, 0) is 5.54 Å². The van der Waals surface area contributed by atoms with Crippen molar-refractivity contribution >= 4 is 11.7 Å². The number of urea groups is 1. The maximum Gasteiger partial charge on any atom is 0.323 e. The molecule has 1 atom stereocenters. The Bertz CT molecular complexity index is 719. The van der Waals surface area contributed by atoms with E-state index in [0.717, 1.165) is 5.56 Å². The molecule has 0 saturated carbocycles. The lowest BCUT2D eigenvalue weighted by atomic mass is 9.88. The normalized spacial score (nSPS) is 23.1. The number of nitrogens with one attached hydrogen (secondary N) is 1.